The van der Waals surface area contributed by atoms with Gasteiger partial charge < -0.3 is 9.88 Å². The van der Waals surface area contributed by atoms with E-state index in [1.165, 1.54) is 30.2 Å². The van der Waals surface area contributed by atoms with E-state index in [4.69, 9.17) is 0 Å². The average Bonchev–Trinajstić information content (AvgIpc) is 3.11. The first kappa shape index (κ1) is 11.5. The zero-order valence-electron chi connectivity index (χ0n) is 11.8. The molecular formula is C17H22N2. The average molecular weight is 254 g/mol. The fourth-order valence-corrected chi connectivity index (χ4v) is 4.81. The number of likely N-dealkylation sites (N-methyl/N-ethyl adjacent to an activating group) is 1. The Hall–Kier alpha value is -1.28. The zero-order chi connectivity index (χ0) is 13.0. The van der Waals surface area contributed by atoms with E-state index in [9.17, 15) is 0 Å². The normalized spacial score (nSPS) is 33.6. The number of rotatable bonds is 2. The van der Waals surface area contributed by atoms with Gasteiger partial charge in [0.1, 0.15) is 0 Å². The Kier molecular flexibility index (Phi) is 2.49. The Morgan fingerprint density at radius 1 is 1.11 bits per heavy atom. The van der Waals surface area contributed by atoms with E-state index in [0.717, 1.165) is 23.8 Å². The lowest BCUT2D eigenvalue weighted by atomic mass is 9.79. The molecule has 2 nitrogen and oxygen atoms in total. The SMILES string of the molecule is CN(C)[C@H]1[C@@H]2CC[C@@H](C2)[C@@H]1c1c[nH]c2ccccc12. The molecule has 2 bridgehead atoms. The van der Waals surface area contributed by atoms with Crippen molar-refractivity contribution in [2.45, 2.75) is 31.2 Å². The summed E-state index contributed by atoms with van der Waals surface area (Å²) in [6, 6.07) is 9.49. The van der Waals surface area contributed by atoms with E-state index in [-0.39, 0.29) is 0 Å². The van der Waals surface area contributed by atoms with Crippen LogP contribution in [0.4, 0.5) is 0 Å². The largest absolute Gasteiger partial charge is 0.361 e. The molecule has 0 unspecified atom stereocenters. The van der Waals surface area contributed by atoms with Gasteiger partial charge in [-0.15, -0.1) is 0 Å². The fraction of sp³-hybridized carbons (Fsp3) is 0.529. The highest BCUT2D eigenvalue weighted by Gasteiger charge is 2.49. The molecule has 2 heteroatoms. The first-order valence-electron chi connectivity index (χ1n) is 7.48. The third kappa shape index (κ3) is 1.59. The Morgan fingerprint density at radius 3 is 2.74 bits per heavy atom. The van der Waals surface area contributed by atoms with Crippen molar-refractivity contribution in [3.05, 3.63) is 36.0 Å². The molecule has 1 heterocycles. The standard InChI is InChI=1S/C17H22N2/c1-19(2)17-12-8-7-11(9-12)16(17)14-10-18-15-6-4-3-5-13(14)15/h3-6,10-12,16-18H,7-9H2,1-2H3/t11-,12+,16+,17-/m0/s1. The fourth-order valence-electron chi connectivity index (χ4n) is 4.81. The number of nitrogens with one attached hydrogen (secondary N) is 1. The minimum atomic E-state index is 0.727. The number of benzene rings is 1. The maximum atomic E-state index is 3.47. The van der Waals surface area contributed by atoms with Crippen molar-refractivity contribution >= 4 is 10.9 Å². The van der Waals surface area contributed by atoms with Crippen molar-refractivity contribution in [1.29, 1.82) is 0 Å². The van der Waals surface area contributed by atoms with Crippen LogP contribution in [0, 0.1) is 11.8 Å². The Bertz CT molecular complexity index is 598. The number of aromatic amines is 1. The predicted molar refractivity (Wildman–Crippen MR) is 79.3 cm³/mol. The maximum Gasteiger partial charge on any atom is 0.0456 e. The summed E-state index contributed by atoms with van der Waals surface area (Å²) >= 11 is 0. The molecule has 100 valence electrons. The minimum absolute atomic E-state index is 0.727. The number of hydrogen-bond acceptors (Lipinski definition) is 1. The highest BCUT2D eigenvalue weighted by Crippen LogP contribution is 2.55. The number of H-pyrrole nitrogens is 1. The van der Waals surface area contributed by atoms with Gasteiger partial charge in [-0.2, -0.15) is 0 Å². The first-order valence-corrected chi connectivity index (χ1v) is 7.48. The summed E-state index contributed by atoms with van der Waals surface area (Å²) in [6.07, 6.45) is 6.57. The van der Waals surface area contributed by atoms with Gasteiger partial charge in [0.25, 0.3) is 0 Å². The van der Waals surface area contributed by atoms with Crippen LogP contribution in [0.2, 0.25) is 0 Å². The molecule has 2 aliphatic carbocycles. The quantitative estimate of drug-likeness (QED) is 0.867. The lowest BCUT2D eigenvalue weighted by Gasteiger charge is -2.35. The van der Waals surface area contributed by atoms with Crippen LogP contribution in [-0.4, -0.2) is 30.0 Å². The van der Waals surface area contributed by atoms with Crippen molar-refractivity contribution < 1.29 is 0 Å². The van der Waals surface area contributed by atoms with Gasteiger partial charge in [0.15, 0.2) is 0 Å². The molecule has 0 amide bonds. The van der Waals surface area contributed by atoms with Gasteiger partial charge in [-0.3, -0.25) is 0 Å². The van der Waals surface area contributed by atoms with Gasteiger partial charge >= 0.3 is 0 Å². The zero-order valence-corrected chi connectivity index (χ0v) is 11.8. The van der Waals surface area contributed by atoms with Crippen LogP contribution in [0.15, 0.2) is 30.5 Å². The van der Waals surface area contributed by atoms with Crippen molar-refractivity contribution in [2.24, 2.45) is 11.8 Å². The Morgan fingerprint density at radius 2 is 1.89 bits per heavy atom. The number of nitrogens with zero attached hydrogens (tertiary/aromatic N) is 1. The first-order chi connectivity index (χ1) is 9.25. The van der Waals surface area contributed by atoms with E-state index in [2.05, 4.69) is 54.4 Å². The van der Waals surface area contributed by atoms with Crippen molar-refractivity contribution in [3.8, 4) is 0 Å². The van der Waals surface area contributed by atoms with Crippen LogP contribution in [0.5, 0.6) is 0 Å². The van der Waals surface area contributed by atoms with Crippen LogP contribution in [0.25, 0.3) is 10.9 Å². The molecule has 1 N–H and O–H groups in total. The molecule has 2 saturated carbocycles. The predicted octanol–water partition coefficient (Wildman–Crippen LogP) is 3.61. The second kappa shape index (κ2) is 4.11. The molecule has 4 rings (SSSR count). The van der Waals surface area contributed by atoms with Gasteiger partial charge in [0.2, 0.25) is 0 Å². The third-order valence-corrected chi connectivity index (χ3v) is 5.45. The summed E-state index contributed by atoms with van der Waals surface area (Å²) in [4.78, 5) is 5.93. The van der Waals surface area contributed by atoms with Crippen LogP contribution in [-0.2, 0) is 0 Å². The molecule has 4 atom stereocenters. The lowest BCUT2D eigenvalue weighted by molar-refractivity contribution is 0.186. The van der Waals surface area contributed by atoms with E-state index in [0.29, 0.717) is 0 Å². The van der Waals surface area contributed by atoms with Crippen molar-refractivity contribution in [3.63, 3.8) is 0 Å². The molecule has 2 aromatic rings. The van der Waals surface area contributed by atoms with Crippen LogP contribution >= 0.6 is 0 Å². The summed E-state index contributed by atoms with van der Waals surface area (Å²) < 4.78 is 0. The van der Waals surface area contributed by atoms with E-state index in [1.807, 2.05) is 0 Å². The second-order valence-electron chi connectivity index (χ2n) is 6.60. The van der Waals surface area contributed by atoms with Gasteiger partial charge in [-0.25, -0.2) is 0 Å². The summed E-state index contributed by atoms with van der Waals surface area (Å²) in [5.74, 6) is 2.54. The number of fused-ring (bicyclic) bond motifs is 3. The minimum Gasteiger partial charge on any atom is -0.361 e. The number of para-hydroxylation sites is 1. The monoisotopic (exact) mass is 254 g/mol. The van der Waals surface area contributed by atoms with E-state index < -0.39 is 0 Å². The molecule has 1 aromatic heterocycles. The summed E-state index contributed by atoms with van der Waals surface area (Å²) in [5, 5.41) is 1.44. The van der Waals surface area contributed by atoms with Gasteiger partial charge in [-0.1, -0.05) is 18.2 Å². The lowest BCUT2D eigenvalue weighted by Crippen LogP contribution is -2.38. The van der Waals surface area contributed by atoms with E-state index in [1.54, 1.807) is 5.56 Å². The summed E-state index contributed by atoms with van der Waals surface area (Å²) in [7, 11) is 4.51. The maximum absolute atomic E-state index is 3.47. The van der Waals surface area contributed by atoms with Crippen molar-refractivity contribution in [2.75, 3.05) is 14.1 Å². The molecule has 1 aromatic carbocycles. The molecule has 0 saturated heterocycles. The highest BCUT2D eigenvalue weighted by atomic mass is 15.1. The molecule has 2 aliphatic rings. The van der Waals surface area contributed by atoms with E-state index >= 15 is 0 Å². The smallest absolute Gasteiger partial charge is 0.0456 e. The van der Waals surface area contributed by atoms with Gasteiger partial charge in [0, 0.05) is 29.1 Å². The molecular weight excluding hydrogens is 232 g/mol. The number of hydrogen-bond donors (Lipinski definition) is 1. The third-order valence-electron chi connectivity index (χ3n) is 5.45. The Balaban J connectivity index is 1.82. The second-order valence-corrected chi connectivity index (χ2v) is 6.60. The molecule has 0 aliphatic heterocycles. The molecule has 2 fully saturated rings. The summed E-state index contributed by atoms with van der Waals surface area (Å²) in [5.41, 5.74) is 2.85. The molecule has 19 heavy (non-hydrogen) atoms. The van der Waals surface area contributed by atoms with Crippen LogP contribution in [0.3, 0.4) is 0 Å². The Labute approximate surface area is 114 Å². The number of aromatic nitrogens is 1. The van der Waals surface area contributed by atoms with Gasteiger partial charge in [-0.05, 0) is 56.8 Å². The molecule has 0 spiro atoms. The summed E-state index contributed by atoms with van der Waals surface area (Å²) in [6.45, 7) is 0. The highest BCUT2D eigenvalue weighted by molar-refractivity contribution is 5.83. The topological polar surface area (TPSA) is 19.0 Å². The van der Waals surface area contributed by atoms with Crippen molar-refractivity contribution in [1.82, 2.24) is 9.88 Å². The van der Waals surface area contributed by atoms with Crippen LogP contribution in [0.1, 0.15) is 30.7 Å². The molecule has 0 radical (unpaired) electrons. The van der Waals surface area contributed by atoms with Gasteiger partial charge in [0.05, 0.1) is 0 Å². The van der Waals surface area contributed by atoms with Crippen LogP contribution < -0.4 is 0 Å².